The topological polar surface area (TPSA) is 6.48 Å². The summed E-state index contributed by atoms with van der Waals surface area (Å²) in [6.45, 7) is 0.585. The molecule has 0 radical (unpaired) electrons. The summed E-state index contributed by atoms with van der Waals surface area (Å²) >= 11 is 0. The van der Waals surface area contributed by atoms with Crippen molar-refractivity contribution in [3.63, 3.8) is 0 Å². The highest BCUT2D eigenvalue weighted by Gasteiger charge is 2.41. The van der Waals surface area contributed by atoms with Gasteiger partial charge in [-0.25, -0.2) is 0 Å². The lowest BCUT2D eigenvalue weighted by atomic mass is 9.39. The molecule has 4 heteroatoms. The van der Waals surface area contributed by atoms with E-state index >= 15 is 0 Å². The molecule has 0 amide bonds. The largest absolute Gasteiger partial charge is 0.379 e. The van der Waals surface area contributed by atoms with Crippen molar-refractivity contribution in [2.75, 3.05) is 4.90 Å². The van der Waals surface area contributed by atoms with Crippen LogP contribution in [0.4, 0.5) is 5.69 Å². The van der Waals surface area contributed by atoms with Crippen LogP contribution in [0.25, 0.3) is 0 Å². The van der Waals surface area contributed by atoms with Crippen molar-refractivity contribution in [1.29, 1.82) is 0 Å². The molecule has 0 spiro atoms. The summed E-state index contributed by atoms with van der Waals surface area (Å²) in [5, 5.41) is 0. The van der Waals surface area contributed by atoms with E-state index in [0.717, 1.165) is 0 Å². The molecule has 0 saturated heterocycles. The zero-order valence-corrected chi connectivity index (χ0v) is 15.4. The fourth-order valence-electron chi connectivity index (χ4n) is 4.53. The molecule has 6 rings (SSSR count). The van der Waals surface area contributed by atoms with Crippen molar-refractivity contribution < 1.29 is 0 Å². The SMILES string of the molecule is C1=CC2=CB(c3ccccc3)C=C3C=CC4=CN(c5ccccc5)C=C1B4N23. The van der Waals surface area contributed by atoms with Crippen LogP contribution in [0.5, 0.6) is 0 Å². The average Bonchev–Trinajstić information content (AvgIpc) is 2.78. The van der Waals surface area contributed by atoms with Crippen LogP contribution in [0.1, 0.15) is 0 Å². The van der Waals surface area contributed by atoms with E-state index in [4.69, 9.17) is 0 Å². The molecule has 0 unspecified atom stereocenters. The number of benzene rings is 2. The lowest BCUT2D eigenvalue weighted by Crippen LogP contribution is -2.49. The maximum Gasteiger partial charge on any atom is 0.331 e. The first kappa shape index (κ1) is 15.6. The molecule has 4 aliphatic rings. The number of anilines is 1. The fourth-order valence-corrected chi connectivity index (χ4v) is 4.53. The summed E-state index contributed by atoms with van der Waals surface area (Å²) in [5.74, 6) is 4.76. The Hall–Kier alpha value is -3.39. The molecule has 0 fully saturated rings. The lowest BCUT2D eigenvalue weighted by molar-refractivity contribution is 0.686. The van der Waals surface area contributed by atoms with E-state index in [9.17, 15) is 0 Å². The van der Waals surface area contributed by atoms with Crippen LogP contribution in [-0.4, -0.2) is 18.4 Å². The monoisotopic (exact) mass is 356 g/mol. The molecule has 2 nitrogen and oxygen atoms in total. The van der Waals surface area contributed by atoms with Crippen LogP contribution in [-0.2, 0) is 0 Å². The van der Waals surface area contributed by atoms with Crippen molar-refractivity contribution in [2.24, 2.45) is 0 Å². The third-order valence-corrected chi connectivity index (χ3v) is 5.85. The van der Waals surface area contributed by atoms with Crippen molar-refractivity contribution >= 4 is 24.7 Å². The van der Waals surface area contributed by atoms with Gasteiger partial charge in [0.25, 0.3) is 0 Å². The second-order valence-electron chi connectivity index (χ2n) is 7.56. The van der Waals surface area contributed by atoms with Crippen molar-refractivity contribution in [3.05, 3.63) is 132 Å². The molecule has 130 valence electrons. The number of para-hydroxylation sites is 1. The maximum atomic E-state index is 2.47. The Bertz CT molecular complexity index is 984. The predicted octanol–water partition coefficient (Wildman–Crippen LogP) is 4.05. The van der Waals surface area contributed by atoms with Gasteiger partial charge >= 0.3 is 6.85 Å². The molecule has 0 bridgehead atoms. The molecule has 0 aromatic heterocycles. The summed E-state index contributed by atoms with van der Waals surface area (Å²) in [6.07, 6.45) is 13.6. The minimum atomic E-state index is 0.268. The molecule has 0 saturated carbocycles. The Morgan fingerprint density at radius 1 is 0.607 bits per heavy atom. The quantitative estimate of drug-likeness (QED) is 0.750. The molecular weight excluding hydrogens is 338 g/mol. The minimum absolute atomic E-state index is 0.268. The molecule has 2 aromatic rings. The zero-order chi connectivity index (χ0) is 18.5. The third kappa shape index (κ3) is 2.38. The first-order valence-corrected chi connectivity index (χ1v) is 9.78. The standard InChI is InChI=1S/C24H18B2N2/c1-3-7-19(8-4-1)25-15-23-13-11-20-17-27(22-9-5-2-6-10-22)18-21-12-14-24(16-25)28(23)26(20)21/h1-18H. The van der Waals surface area contributed by atoms with E-state index in [0.29, 0.717) is 6.71 Å². The van der Waals surface area contributed by atoms with Crippen molar-refractivity contribution in [2.45, 2.75) is 0 Å². The molecule has 4 aliphatic heterocycles. The Labute approximate surface area is 166 Å². The molecule has 0 atom stereocenters. The first-order chi connectivity index (χ1) is 13.9. The van der Waals surface area contributed by atoms with Crippen LogP contribution in [0.2, 0.25) is 0 Å². The average molecular weight is 356 g/mol. The van der Waals surface area contributed by atoms with Crippen molar-refractivity contribution in [3.8, 4) is 0 Å². The Morgan fingerprint density at radius 3 is 1.79 bits per heavy atom. The second-order valence-corrected chi connectivity index (χ2v) is 7.56. The lowest BCUT2D eigenvalue weighted by Gasteiger charge is -2.44. The van der Waals surface area contributed by atoms with Gasteiger partial charge in [0, 0.05) is 29.5 Å². The Morgan fingerprint density at radius 2 is 1.18 bits per heavy atom. The van der Waals surface area contributed by atoms with Gasteiger partial charge in [-0.2, -0.15) is 0 Å². The fraction of sp³-hybridized carbons (Fsp3) is 0. The summed E-state index contributed by atoms with van der Waals surface area (Å²) in [5.41, 5.74) is 7.76. The molecule has 28 heavy (non-hydrogen) atoms. The summed E-state index contributed by atoms with van der Waals surface area (Å²) in [7, 11) is 0. The van der Waals surface area contributed by atoms with Crippen molar-refractivity contribution in [1.82, 2.24) is 4.81 Å². The smallest absolute Gasteiger partial charge is 0.331 e. The van der Waals surface area contributed by atoms with E-state index in [1.807, 2.05) is 0 Å². The highest BCUT2D eigenvalue weighted by Crippen LogP contribution is 2.39. The summed E-state index contributed by atoms with van der Waals surface area (Å²) < 4.78 is 0. The first-order valence-electron chi connectivity index (χ1n) is 9.78. The van der Waals surface area contributed by atoms with Gasteiger partial charge < -0.3 is 9.71 Å². The number of rotatable bonds is 2. The van der Waals surface area contributed by atoms with Gasteiger partial charge in [0.05, 0.1) is 0 Å². The second kappa shape index (κ2) is 6.06. The van der Waals surface area contributed by atoms with E-state index in [-0.39, 0.29) is 6.85 Å². The summed E-state index contributed by atoms with van der Waals surface area (Å²) in [4.78, 5) is 4.70. The molecule has 4 heterocycles. The Balaban J connectivity index is 1.45. The predicted molar refractivity (Wildman–Crippen MR) is 119 cm³/mol. The van der Waals surface area contributed by atoms with Gasteiger partial charge in [0.2, 0.25) is 6.71 Å². The van der Waals surface area contributed by atoms with Gasteiger partial charge in [-0.15, -0.1) is 0 Å². The van der Waals surface area contributed by atoms with E-state index in [1.54, 1.807) is 0 Å². The Kier molecular flexibility index (Phi) is 3.39. The number of nitrogens with zero attached hydrogens (tertiary/aromatic N) is 2. The van der Waals surface area contributed by atoms with Crippen LogP contribution >= 0.6 is 0 Å². The van der Waals surface area contributed by atoms with Gasteiger partial charge in [0.1, 0.15) is 0 Å². The molecule has 0 aliphatic carbocycles. The van der Waals surface area contributed by atoms with E-state index in [1.165, 1.54) is 33.5 Å². The van der Waals surface area contributed by atoms with Crippen LogP contribution in [0.3, 0.4) is 0 Å². The van der Waals surface area contributed by atoms with Gasteiger partial charge in [0.15, 0.2) is 0 Å². The van der Waals surface area contributed by atoms with E-state index < -0.39 is 0 Å². The van der Waals surface area contributed by atoms with Gasteiger partial charge in [-0.05, 0) is 35.2 Å². The third-order valence-electron chi connectivity index (χ3n) is 5.85. The maximum absolute atomic E-state index is 2.47. The highest BCUT2D eigenvalue weighted by atomic mass is 15.1. The minimum Gasteiger partial charge on any atom is -0.379 e. The number of hydrogen-bond acceptors (Lipinski definition) is 2. The van der Waals surface area contributed by atoms with Crippen LogP contribution in [0, 0.1) is 0 Å². The van der Waals surface area contributed by atoms with Crippen LogP contribution in [0.15, 0.2) is 132 Å². The number of allylic oxidation sites excluding steroid dienone is 6. The molecular formula is C24H18B2N2. The highest BCUT2D eigenvalue weighted by molar-refractivity contribution is 6.83. The molecule has 2 aromatic carbocycles. The number of hydrogen-bond donors (Lipinski definition) is 0. The normalized spacial score (nSPS) is 19.0. The molecule has 0 N–H and O–H groups in total. The summed E-state index contributed by atoms with van der Waals surface area (Å²) in [6, 6.07) is 21.3. The van der Waals surface area contributed by atoms with E-state index in [2.05, 4.69) is 119 Å². The zero-order valence-electron chi connectivity index (χ0n) is 15.4. The van der Waals surface area contributed by atoms with Gasteiger partial charge in [-0.1, -0.05) is 78.1 Å². The van der Waals surface area contributed by atoms with Gasteiger partial charge in [-0.3, -0.25) is 0 Å². The van der Waals surface area contributed by atoms with Crippen LogP contribution < -0.4 is 10.4 Å².